The quantitative estimate of drug-likeness (QED) is 0.653. The number of hydrazone groups is 1. The molecule has 0 aliphatic heterocycles. The molecule has 0 aliphatic rings. The largest absolute Gasteiger partial charge is 0.357 e. The van der Waals surface area contributed by atoms with Crippen LogP contribution in [0.15, 0.2) is 58.8 Å². The average Bonchev–Trinajstić information content (AvgIpc) is 2.93. The molecule has 0 fully saturated rings. The molecule has 1 aromatic heterocycles. The molecule has 19 heavy (non-hydrogen) atoms. The Morgan fingerprint density at radius 3 is 2.68 bits per heavy atom. The van der Waals surface area contributed by atoms with Crippen molar-refractivity contribution < 1.29 is 4.79 Å². The zero-order valence-electron chi connectivity index (χ0n) is 10.0. The van der Waals surface area contributed by atoms with Crippen molar-refractivity contribution in [2.24, 2.45) is 5.10 Å². The SMILES string of the molecule is O=C(N/N=C\C(Cl)=C\c1ccccc1)c1ccc[nH]1. The number of rotatable bonds is 4. The number of H-pyrrole nitrogens is 1. The third kappa shape index (κ3) is 4.12. The molecule has 0 aliphatic carbocycles. The minimum absolute atomic E-state index is 0.314. The van der Waals surface area contributed by atoms with E-state index < -0.39 is 0 Å². The number of aromatic amines is 1. The van der Waals surface area contributed by atoms with Crippen LogP contribution in [-0.4, -0.2) is 17.1 Å². The van der Waals surface area contributed by atoms with Crippen molar-refractivity contribution in [3.05, 3.63) is 65.0 Å². The summed E-state index contributed by atoms with van der Waals surface area (Å²) in [4.78, 5) is 14.3. The van der Waals surface area contributed by atoms with Crippen molar-refractivity contribution in [1.82, 2.24) is 10.4 Å². The molecule has 0 saturated heterocycles. The highest BCUT2D eigenvalue weighted by Gasteiger charge is 2.02. The second-order valence-electron chi connectivity index (χ2n) is 3.72. The molecule has 2 aromatic rings. The minimum Gasteiger partial charge on any atom is -0.357 e. The van der Waals surface area contributed by atoms with Gasteiger partial charge in [0.1, 0.15) is 5.69 Å². The van der Waals surface area contributed by atoms with Crippen LogP contribution in [0.5, 0.6) is 0 Å². The lowest BCUT2D eigenvalue weighted by Gasteiger charge is -1.96. The van der Waals surface area contributed by atoms with E-state index in [-0.39, 0.29) is 5.91 Å². The fourth-order valence-electron chi connectivity index (χ4n) is 1.43. The summed E-state index contributed by atoms with van der Waals surface area (Å²) < 4.78 is 0. The van der Waals surface area contributed by atoms with Gasteiger partial charge in [-0.15, -0.1) is 0 Å². The molecule has 1 aromatic carbocycles. The van der Waals surface area contributed by atoms with Gasteiger partial charge in [-0.1, -0.05) is 41.9 Å². The highest BCUT2D eigenvalue weighted by Crippen LogP contribution is 2.07. The maximum absolute atomic E-state index is 11.5. The van der Waals surface area contributed by atoms with Gasteiger partial charge < -0.3 is 4.98 Å². The molecule has 0 saturated carbocycles. The summed E-state index contributed by atoms with van der Waals surface area (Å²) in [6, 6.07) is 13.0. The lowest BCUT2D eigenvalue weighted by atomic mass is 10.2. The van der Waals surface area contributed by atoms with Crippen LogP contribution >= 0.6 is 11.6 Å². The van der Waals surface area contributed by atoms with Gasteiger partial charge in [0.15, 0.2) is 0 Å². The van der Waals surface area contributed by atoms with Crippen molar-refractivity contribution in [1.29, 1.82) is 0 Å². The maximum atomic E-state index is 11.5. The van der Waals surface area contributed by atoms with Crippen molar-refractivity contribution in [3.8, 4) is 0 Å². The fraction of sp³-hybridized carbons (Fsp3) is 0. The predicted molar refractivity (Wildman–Crippen MR) is 77.0 cm³/mol. The van der Waals surface area contributed by atoms with Crippen LogP contribution < -0.4 is 5.43 Å². The van der Waals surface area contributed by atoms with Crippen molar-refractivity contribution in [3.63, 3.8) is 0 Å². The van der Waals surface area contributed by atoms with Crippen LogP contribution in [0.2, 0.25) is 0 Å². The average molecular weight is 274 g/mol. The second kappa shape index (κ2) is 6.56. The summed E-state index contributed by atoms with van der Waals surface area (Å²) in [6.45, 7) is 0. The van der Waals surface area contributed by atoms with Gasteiger partial charge in [-0.25, -0.2) is 5.43 Å². The van der Waals surface area contributed by atoms with E-state index in [0.717, 1.165) is 5.56 Å². The third-order valence-corrected chi connectivity index (χ3v) is 2.51. The highest BCUT2D eigenvalue weighted by atomic mass is 35.5. The van der Waals surface area contributed by atoms with Gasteiger partial charge in [0.05, 0.1) is 11.2 Å². The Labute approximate surface area is 115 Å². The number of nitrogens with zero attached hydrogens (tertiary/aromatic N) is 1. The van der Waals surface area contributed by atoms with E-state index in [9.17, 15) is 4.79 Å². The van der Waals surface area contributed by atoms with E-state index in [2.05, 4.69) is 15.5 Å². The number of amides is 1. The van der Waals surface area contributed by atoms with Gasteiger partial charge in [-0.3, -0.25) is 4.79 Å². The number of carbonyl (C=O) groups excluding carboxylic acids is 1. The van der Waals surface area contributed by atoms with E-state index in [0.29, 0.717) is 10.7 Å². The molecule has 2 N–H and O–H groups in total. The van der Waals surface area contributed by atoms with Gasteiger partial charge in [-0.05, 0) is 23.8 Å². The fourth-order valence-corrected chi connectivity index (χ4v) is 1.60. The summed E-state index contributed by atoms with van der Waals surface area (Å²) in [7, 11) is 0. The molecular formula is C14H12ClN3O. The minimum atomic E-state index is -0.314. The number of halogens is 1. The van der Waals surface area contributed by atoms with E-state index in [1.54, 1.807) is 24.4 Å². The van der Waals surface area contributed by atoms with Crippen LogP contribution in [-0.2, 0) is 0 Å². The summed E-state index contributed by atoms with van der Waals surface area (Å²) in [6.07, 6.45) is 4.81. The smallest absolute Gasteiger partial charge is 0.287 e. The van der Waals surface area contributed by atoms with E-state index in [4.69, 9.17) is 11.6 Å². The molecule has 0 bridgehead atoms. The summed E-state index contributed by atoms with van der Waals surface area (Å²) in [5.41, 5.74) is 3.79. The van der Waals surface area contributed by atoms with Crippen LogP contribution in [0.4, 0.5) is 0 Å². The van der Waals surface area contributed by atoms with Gasteiger partial charge in [0.25, 0.3) is 5.91 Å². The number of carbonyl (C=O) groups is 1. The topological polar surface area (TPSA) is 57.2 Å². The van der Waals surface area contributed by atoms with Gasteiger partial charge in [0.2, 0.25) is 0 Å². The molecule has 0 atom stereocenters. The Bertz CT molecular complexity index is 588. The number of aromatic nitrogens is 1. The normalized spacial score (nSPS) is 11.7. The molecule has 4 nitrogen and oxygen atoms in total. The van der Waals surface area contributed by atoms with Crippen LogP contribution in [0.3, 0.4) is 0 Å². The Morgan fingerprint density at radius 2 is 2.00 bits per heavy atom. The lowest BCUT2D eigenvalue weighted by Crippen LogP contribution is -2.17. The number of benzene rings is 1. The predicted octanol–water partition coefficient (Wildman–Crippen LogP) is 3.01. The molecule has 0 radical (unpaired) electrons. The summed E-state index contributed by atoms with van der Waals surface area (Å²) in [5, 5.41) is 4.21. The molecule has 1 amide bonds. The molecule has 5 heteroatoms. The van der Waals surface area contributed by atoms with Crippen molar-refractivity contribution in [2.75, 3.05) is 0 Å². The lowest BCUT2D eigenvalue weighted by molar-refractivity contribution is 0.0951. The molecule has 0 unspecified atom stereocenters. The number of hydrogen-bond acceptors (Lipinski definition) is 2. The van der Waals surface area contributed by atoms with Crippen molar-refractivity contribution in [2.45, 2.75) is 0 Å². The first kappa shape index (κ1) is 13.1. The first-order chi connectivity index (χ1) is 9.25. The van der Waals surface area contributed by atoms with Crippen LogP contribution in [0.1, 0.15) is 16.1 Å². The molecular weight excluding hydrogens is 262 g/mol. The number of nitrogens with one attached hydrogen (secondary N) is 2. The second-order valence-corrected chi connectivity index (χ2v) is 4.16. The van der Waals surface area contributed by atoms with Gasteiger partial charge >= 0.3 is 0 Å². The van der Waals surface area contributed by atoms with Gasteiger partial charge in [0, 0.05) is 6.20 Å². The first-order valence-electron chi connectivity index (χ1n) is 5.65. The zero-order valence-corrected chi connectivity index (χ0v) is 10.8. The Morgan fingerprint density at radius 1 is 1.21 bits per heavy atom. The maximum Gasteiger partial charge on any atom is 0.287 e. The standard InChI is InChI=1S/C14H12ClN3O/c15-12(9-11-5-2-1-3-6-11)10-17-18-14(19)13-7-4-8-16-13/h1-10,16H,(H,18,19)/b12-9-,17-10-. The van der Waals surface area contributed by atoms with Crippen LogP contribution in [0.25, 0.3) is 6.08 Å². The molecule has 2 rings (SSSR count). The zero-order chi connectivity index (χ0) is 13.5. The van der Waals surface area contributed by atoms with E-state index in [1.807, 2.05) is 30.3 Å². The Balaban J connectivity index is 1.92. The molecule has 0 spiro atoms. The summed E-state index contributed by atoms with van der Waals surface area (Å²) >= 11 is 5.98. The van der Waals surface area contributed by atoms with E-state index >= 15 is 0 Å². The third-order valence-electron chi connectivity index (χ3n) is 2.30. The van der Waals surface area contributed by atoms with Crippen molar-refractivity contribution >= 4 is 29.8 Å². The number of hydrogen-bond donors (Lipinski definition) is 2. The highest BCUT2D eigenvalue weighted by molar-refractivity contribution is 6.41. The first-order valence-corrected chi connectivity index (χ1v) is 6.02. The molecule has 96 valence electrons. The number of allylic oxidation sites excluding steroid dienone is 1. The Kier molecular flexibility index (Phi) is 4.53. The van der Waals surface area contributed by atoms with Gasteiger partial charge in [-0.2, -0.15) is 5.10 Å². The summed E-state index contributed by atoms with van der Waals surface area (Å²) in [5.74, 6) is -0.314. The molecule has 1 heterocycles. The van der Waals surface area contributed by atoms with E-state index in [1.165, 1.54) is 6.21 Å². The van der Waals surface area contributed by atoms with Crippen LogP contribution in [0, 0.1) is 0 Å². The monoisotopic (exact) mass is 273 g/mol. The Hall–Kier alpha value is -2.33.